The Labute approximate surface area is 197 Å². The highest BCUT2D eigenvalue weighted by molar-refractivity contribution is 7.99. The maximum Gasteiger partial charge on any atom is 0.350 e. The number of rotatable bonds is 5. The van der Waals surface area contributed by atoms with Crippen LogP contribution < -0.4 is 5.69 Å². The molecule has 1 aromatic heterocycles. The molecule has 0 aliphatic carbocycles. The number of likely N-dealkylation sites (N-methyl/N-ethyl adjacent to an activating group) is 1. The Balaban J connectivity index is 1.42. The Hall–Kier alpha value is -2.06. The molecule has 6 nitrogen and oxygen atoms in total. The predicted molar refractivity (Wildman–Crippen MR) is 130 cm³/mol. The van der Waals surface area contributed by atoms with E-state index >= 15 is 0 Å². The third-order valence-electron chi connectivity index (χ3n) is 6.32. The van der Waals surface area contributed by atoms with Gasteiger partial charge in [0.1, 0.15) is 5.82 Å². The molecule has 2 aliphatic rings. The quantitative estimate of drug-likeness (QED) is 0.570. The smallest absolute Gasteiger partial charge is 0.304 e. The van der Waals surface area contributed by atoms with Crippen LogP contribution in [0.1, 0.15) is 23.1 Å². The first-order valence-corrected chi connectivity index (χ1v) is 12.5. The largest absolute Gasteiger partial charge is 0.350 e. The first kappa shape index (κ1) is 21.8. The number of benzene rings is 2. The van der Waals surface area contributed by atoms with Gasteiger partial charge in [0, 0.05) is 60.9 Å². The van der Waals surface area contributed by atoms with Gasteiger partial charge in [0.25, 0.3) is 0 Å². The topological polar surface area (TPSA) is 46.3 Å². The minimum atomic E-state index is -0.0730. The number of halogens is 1. The summed E-state index contributed by atoms with van der Waals surface area (Å²) in [6.45, 7) is 6.01. The van der Waals surface area contributed by atoms with Crippen LogP contribution in [0.4, 0.5) is 0 Å². The number of nitrogens with zero attached hydrogens (tertiary/aromatic N) is 5. The maximum absolute atomic E-state index is 13.4. The van der Waals surface area contributed by atoms with E-state index in [1.165, 1.54) is 5.56 Å². The lowest BCUT2D eigenvalue weighted by molar-refractivity contribution is 0.150. The van der Waals surface area contributed by atoms with E-state index in [4.69, 9.17) is 16.7 Å². The second-order valence-corrected chi connectivity index (χ2v) is 10.3. The normalized spacial score (nSPS) is 19.4. The molecule has 32 heavy (non-hydrogen) atoms. The number of hydrogen-bond acceptors (Lipinski definition) is 5. The van der Waals surface area contributed by atoms with E-state index in [0.29, 0.717) is 18.0 Å². The zero-order valence-electron chi connectivity index (χ0n) is 18.3. The van der Waals surface area contributed by atoms with Crippen molar-refractivity contribution in [3.05, 3.63) is 75.4 Å². The van der Waals surface area contributed by atoms with Crippen molar-refractivity contribution >= 4 is 23.4 Å². The standard InChI is InChI=1S/C24H28ClN5OS/c1-27-12-14-28(15-13-27)10-5-11-29-24(31)30-20-16-19(25)8-9-21(20)32-22(17-23(30)26-29)18-6-3-2-4-7-18/h2-4,6-9,16,22H,5,10-15,17H2,1H3. The molecule has 1 saturated heterocycles. The first-order valence-electron chi connectivity index (χ1n) is 11.2. The van der Waals surface area contributed by atoms with Crippen molar-refractivity contribution in [3.63, 3.8) is 0 Å². The van der Waals surface area contributed by atoms with E-state index in [1.807, 2.05) is 24.3 Å². The van der Waals surface area contributed by atoms with Gasteiger partial charge >= 0.3 is 5.69 Å². The van der Waals surface area contributed by atoms with Gasteiger partial charge in [0.2, 0.25) is 0 Å². The van der Waals surface area contributed by atoms with Gasteiger partial charge in [-0.05, 0) is 37.2 Å². The summed E-state index contributed by atoms with van der Waals surface area (Å²) < 4.78 is 3.42. The molecule has 3 aromatic rings. The van der Waals surface area contributed by atoms with Crippen LogP contribution in [-0.4, -0.2) is 63.9 Å². The Kier molecular flexibility index (Phi) is 6.42. The van der Waals surface area contributed by atoms with E-state index in [0.717, 1.165) is 55.6 Å². The van der Waals surface area contributed by atoms with Crippen molar-refractivity contribution in [2.45, 2.75) is 29.5 Å². The summed E-state index contributed by atoms with van der Waals surface area (Å²) in [4.78, 5) is 19.3. The second kappa shape index (κ2) is 9.43. The monoisotopic (exact) mass is 469 g/mol. The fraction of sp³-hybridized carbons (Fsp3) is 0.417. The summed E-state index contributed by atoms with van der Waals surface area (Å²) >= 11 is 8.10. The van der Waals surface area contributed by atoms with Crippen molar-refractivity contribution in [1.82, 2.24) is 24.1 Å². The summed E-state index contributed by atoms with van der Waals surface area (Å²) in [5.41, 5.74) is 2.01. The molecule has 0 N–H and O–H groups in total. The number of thioether (sulfide) groups is 1. The molecular weight excluding hydrogens is 442 g/mol. The van der Waals surface area contributed by atoms with Gasteiger partial charge in [-0.25, -0.2) is 14.0 Å². The Morgan fingerprint density at radius 2 is 1.84 bits per heavy atom. The van der Waals surface area contributed by atoms with Gasteiger partial charge in [0.05, 0.1) is 5.69 Å². The second-order valence-electron chi connectivity index (χ2n) is 8.59. The average Bonchev–Trinajstić information content (AvgIpc) is 3.01. The lowest BCUT2D eigenvalue weighted by atomic mass is 10.1. The van der Waals surface area contributed by atoms with Gasteiger partial charge in [-0.3, -0.25) is 0 Å². The van der Waals surface area contributed by atoms with Crippen LogP contribution >= 0.6 is 23.4 Å². The Morgan fingerprint density at radius 3 is 2.62 bits per heavy atom. The summed E-state index contributed by atoms with van der Waals surface area (Å²) in [5, 5.41) is 5.61. The minimum Gasteiger partial charge on any atom is -0.304 e. The highest BCUT2D eigenvalue weighted by Gasteiger charge is 2.27. The number of aromatic nitrogens is 3. The maximum atomic E-state index is 13.4. The van der Waals surface area contributed by atoms with Crippen LogP contribution in [0, 0.1) is 0 Å². The van der Waals surface area contributed by atoms with Gasteiger partial charge in [-0.1, -0.05) is 41.9 Å². The molecule has 0 spiro atoms. The fourth-order valence-corrected chi connectivity index (χ4v) is 5.88. The lowest BCUT2D eigenvalue weighted by Crippen LogP contribution is -2.44. The highest BCUT2D eigenvalue weighted by atomic mass is 35.5. The van der Waals surface area contributed by atoms with Gasteiger partial charge < -0.3 is 9.80 Å². The van der Waals surface area contributed by atoms with Crippen LogP contribution in [0.2, 0.25) is 5.02 Å². The zero-order chi connectivity index (χ0) is 22.1. The molecule has 168 valence electrons. The van der Waals surface area contributed by atoms with E-state index in [-0.39, 0.29) is 10.9 Å². The van der Waals surface area contributed by atoms with Crippen LogP contribution in [0.15, 0.2) is 58.2 Å². The summed E-state index contributed by atoms with van der Waals surface area (Å²) in [6, 6.07) is 16.3. The van der Waals surface area contributed by atoms with E-state index in [9.17, 15) is 4.79 Å². The molecule has 5 rings (SSSR count). The Morgan fingerprint density at radius 1 is 1.06 bits per heavy atom. The van der Waals surface area contributed by atoms with Crippen molar-refractivity contribution in [2.75, 3.05) is 39.8 Å². The molecule has 0 saturated carbocycles. The van der Waals surface area contributed by atoms with Gasteiger partial charge in [0.15, 0.2) is 0 Å². The fourth-order valence-electron chi connectivity index (χ4n) is 4.47. The third kappa shape index (κ3) is 4.53. The molecule has 2 aromatic carbocycles. The van der Waals surface area contributed by atoms with Gasteiger partial charge in [-0.15, -0.1) is 11.8 Å². The minimum absolute atomic E-state index is 0.0730. The highest BCUT2D eigenvalue weighted by Crippen LogP contribution is 2.43. The van der Waals surface area contributed by atoms with Crippen LogP contribution in [0.25, 0.3) is 5.69 Å². The molecule has 1 fully saturated rings. The average molecular weight is 470 g/mol. The van der Waals surface area contributed by atoms with Crippen molar-refractivity contribution < 1.29 is 0 Å². The molecular formula is C24H28ClN5OS. The van der Waals surface area contributed by atoms with Gasteiger partial charge in [-0.2, -0.15) is 5.10 Å². The molecule has 1 atom stereocenters. The summed E-state index contributed by atoms with van der Waals surface area (Å²) in [7, 11) is 2.17. The van der Waals surface area contributed by atoms with Crippen LogP contribution in [0.5, 0.6) is 0 Å². The zero-order valence-corrected chi connectivity index (χ0v) is 19.9. The molecule has 3 heterocycles. The molecule has 0 radical (unpaired) electrons. The first-order chi connectivity index (χ1) is 15.6. The molecule has 8 heteroatoms. The Bertz CT molecular complexity index is 1140. The third-order valence-corrected chi connectivity index (χ3v) is 7.87. The van der Waals surface area contributed by atoms with E-state index in [2.05, 4.69) is 41.1 Å². The number of hydrogen-bond donors (Lipinski definition) is 0. The van der Waals surface area contributed by atoms with E-state index in [1.54, 1.807) is 21.0 Å². The van der Waals surface area contributed by atoms with Crippen molar-refractivity contribution in [2.24, 2.45) is 0 Å². The van der Waals surface area contributed by atoms with Crippen LogP contribution in [-0.2, 0) is 13.0 Å². The molecule has 0 bridgehead atoms. The molecule has 0 amide bonds. The van der Waals surface area contributed by atoms with Crippen molar-refractivity contribution in [1.29, 1.82) is 0 Å². The lowest BCUT2D eigenvalue weighted by Gasteiger charge is -2.32. The molecule has 2 aliphatic heterocycles. The number of aryl methyl sites for hydroxylation is 1. The summed E-state index contributed by atoms with van der Waals surface area (Å²) in [6.07, 6.45) is 1.61. The predicted octanol–water partition coefficient (Wildman–Crippen LogP) is 3.71. The number of piperazine rings is 1. The van der Waals surface area contributed by atoms with Crippen molar-refractivity contribution in [3.8, 4) is 5.69 Å². The number of fused-ring (bicyclic) bond motifs is 3. The van der Waals surface area contributed by atoms with Crippen LogP contribution in [0.3, 0.4) is 0 Å². The summed E-state index contributed by atoms with van der Waals surface area (Å²) in [5.74, 6) is 0.803. The van der Waals surface area contributed by atoms with E-state index < -0.39 is 0 Å². The molecule has 1 unspecified atom stereocenters. The SMILES string of the molecule is CN1CCN(CCCn2nc3n(c2=O)-c2cc(Cl)ccc2SC(c2ccccc2)C3)CC1.